The van der Waals surface area contributed by atoms with Crippen LogP contribution in [0.4, 0.5) is 5.82 Å². The highest BCUT2D eigenvalue weighted by Gasteiger charge is 2.25. The molecule has 5 nitrogen and oxygen atoms in total. The maximum atomic E-state index is 5.79. The molecule has 2 saturated heterocycles. The quantitative estimate of drug-likeness (QED) is 0.849. The first-order valence-electron chi connectivity index (χ1n) is 7.83. The summed E-state index contributed by atoms with van der Waals surface area (Å²) in [5.74, 6) is 1.66. The van der Waals surface area contributed by atoms with Crippen LogP contribution in [0.1, 0.15) is 31.2 Å². The standard InChI is InChI=1S/C15H23N5S/c16-14(21)13-3-6-17-18-15(13)20-9-4-12(5-10-20)11-19-7-1-2-8-19/h3,6,12H,1-2,4-5,7-11H2,(H2,16,21). The molecule has 0 saturated carbocycles. The van der Waals surface area contributed by atoms with Crippen LogP contribution in [0.2, 0.25) is 0 Å². The molecule has 0 aliphatic carbocycles. The summed E-state index contributed by atoms with van der Waals surface area (Å²) < 4.78 is 0. The number of likely N-dealkylation sites (tertiary alicyclic amines) is 1. The second kappa shape index (κ2) is 6.66. The third-order valence-electron chi connectivity index (χ3n) is 4.60. The third-order valence-corrected chi connectivity index (χ3v) is 4.82. The van der Waals surface area contributed by atoms with Gasteiger partial charge in [-0.15, -0.1) is 5.10 Å². The zero-order chi connectivity index (χ0) is 14.7. The molecule has 3 heterocycles. The second-order valence-corrected chi connectivity index (χ2v) is 6.51. The molecule has 0 radical (unpaired) electrons. The minimum Gasteiger partial charge on any atom is -0.389 e. The molecule has 21 heavy (non-hydrogen) atoms. The lowest BCUT2D eigenvalue weighted by Gasteiger charge is -2.34. The lowest BCUT2D eigenvalue weighted by molar-refractivity contribution is 0.249. The molecule has 6 heteroatoms. The number of piperidine rings is 1. The van der Waals surface area contributed by atoms with Gasteiger partial charge in [-0.05, 0) is 50.8 Å². The molecular weight excluding hydrogens is 282 g/mol. The first-order valence-corrected chi connectivity index (χ1v) is 8.23. The molecule has 0 spiro atoms. The van der Waals surface area contributed by atoms with Crippen molar-refractivity contribution in [1.82, 2.24) is 15.1 Å². The monoisotopic (exact) mass is 305 g/mol. The molecule has 2 fully saturated rings. The molecule has 2 aliphatic rings. The van der Waals surface area contributed by atoms with E-state index in [1.165, 1.54) is 45.3 Å². The van der Waals surface area contributed by atoms with E-state index in [1.807, 2.05) is 6.07 Å². The van der Waals surface area contributed by atoms with Gasteiger partial charge in [0, 0.05) is 19.6 Å². The number of nitrogens with two attached hydrogens (primary N) is 1. The van der Waals surface area contributed by atoms with Crippen molar-refractivity contribution in [3.8, 4) is 0 Å². The van der Waals surface area contributed by atoms with Crippen molar-refractivity contribution in [2.45, 2.75) is 25.7 Å². The molecule has 114 valence electrons. The highest BCUT2D eigenvalue weighted by molar-refractivity contribution is 7.80. The maximum Gasteiger partial charge on any atom is 0.161 e. The van der Waals surface area contributed by atoms with Gasteiger partial charge in [-0.25, -0.2) is 0 Å². The van der Waals surface area contributed by atoms with Gasteiger partial charge in [0.2, 0.25) is 0 Å². The van der Waals surface area contributed by atoms with Gasteiger partial charge >= 0.3 is 0 Å². The molecule has 1 aromatic heterocycles. The summed E-state index contributed by atoms with van der Waals surface area (Å²) in [6, 6.07) is 1.86. The number of thiocarbonyl (C=S) groups is 1. The number of anilines is 1. The Hall–Kier alpha value is -1.27. The summed E-state index contributed by atoms with van der Waals surface area (Å²) in [7, 11) is 0. The van der Waals surface area contributed by atoms with Crippen LogP contribution in [0.15, 0.2) is 12.3 Å². The van der Waals surface area contributed by atoms with E-state index in [-0.39, 0.29) is 0 Å². The first kappa shape index (κ1) is 14.7. The Bertz CT molecular complexity index is 493. The predicted octanol–water partition coefficient (Wildman–Crippen LogP) is 1.42. The van der Waals surface area contributed by atoms with Crippen molar-refractivity contribution in [2.24, 2.45) is 11.7 Å². The van der Waals surface area contributed by atoms with Crippen LogP contribution in [-0.2, 0) is 0 Å². The molecule has 3 rings (SSSR count). The maximum absolute atomic E-state index is 5.79. The zero-order valence-electron chi connectivity index (χ0n) is 12.4. The molecule has 2 N–H and O–H groups in total. The van der Waals surface area contributed by atoms with Gasteiger partial charge in [0.05, 0.1) is 11.8 Å². The molecule has 1 aromatic rings. The van der Waals surface area contributed by atoms with Crippen LogP contribution in [0.25, 0.3) is 0 Å². The topological polar surface area (TPSA) is 58.3 Å². The molecule has 0 atom stereocenters. The summed E-state index contributed by atoms with van der Waals surface area (Å²) in [4.78, 5) is 5.30. The fourth-order valence-corrected chi connectivity index (χ4v) is 3.57. The summed E-state index contributed by atoms with van der Waals surface area (Å²) in [6.45, 7) is 5.88. The van der Waals surface area contributed by atoms with Crippen molar-refractivity contribution in [1.29, 1.82) is 0 Å². The first-order chi connectivity index (χ1) is 10.2. The lowest BCUT2D eigenvalue weighted by Crippen LogP contribution is -2.39. The Morgan fingerprint density at radius 2 is 1.95 bits per heavy atom. The van der Waals surface area contributed by atoms with Crippen LogP contribution in [0, 0.1) is 5.92 Å². The van der Waals surface area contributed by atoms with Crippen molar-refractivity contribution in [2.75, 3.05) is 37.6 Å². The summed E-state index contributed by atoms with van der Waals surface area (Å²) in [6.07, 6.45) is 6.82. The number of hydrogen-bond acceptors (Lipinski definition) is 5. The Labute approximate surface area is 131 Å². The highest BCUT2D eigenvalue weighted by Crippen LogP contribution is 2.25. The van der Waals surface area contributed by atoms with Crippen molar-refractivity contribution >= 4 is 23.0 Å². The van der Waals surface area contributed by atoms with E-state index in [9.17, 15) is 0 Å². The van der Waals surface area contributed by atoms with Gasteiger partial charge in [-0.3, -0.25) is 0 Å². The summed E-state index contributed by atoms with van der Waals surface area (Å²) in [5.41, 5.74) is 6.63. The van der Waals surface area contributed by atoms with Crippen molar-refractivity contribution in [3.05, 3.63) is 17.8 Å². The zero-order valence-corrected chi connectivity index (χ0v) is 13.2. The van der Waals surface area contributed by atoms with E-state index in [0.29, 0.717) is 4.99 Å². The average Bonchev–Trinajstić information content (AvgIpc) is 3.01. The Balaban J connectivity index is 1.59. The van der Waals surface area contributed by atoms with E-state index < -0.39 is 0 Å². The normalized spacial score (nSPS) is 20.9. The second-order valence-electron chi connectivity index (χ2n) is 6.07. The van der Waals surface area contributed by atoms with E-state index in [4.69, 9.17) is 18.0 Å². The number of nitrogens with zero attached hydrogens (tertiary/aromatic N) is 4. The third kappa shape index (κ3) is 3.49. The average molecular weight is 305 g/mol. The van der Waals surface area contributed by atoms with Gasteiger partial charge in [0.15, 0.2) is 5.82 Å². The summed E-state index contributed by atoms with van der Waals surface area (Å²) >= 11 is 5.11. The van der Waals surface area contributed by atoms with Gasteiger partial charge in [-0.1, -0.05) is 12.2 Å². The Kier molecular flexibility index (Phi) is 4.65. The Morgan fingerprint density at radius 3 is 2.62 bits per heavy atom. The number of rotatable bonds is 4. The predicted molar refractivity (Wildman–Crippen MR) is 88.5 cm³/mol. The minimum absolute atomic E-state index is 0.402. The molecule has 0 unspecified atom stereocenters. The smallest absolute Gasteiger partial charge is 0.161 e. The van der Waals surface area contributed by atoms with Gasteiger partial charge < -0.3 is 15.5 Å². The van der Waals surface area contributed by atoms with E-state index in [0.717, 1.165) is 30.4 Å². The van der Waals surface area contributed by atoms with Crippen LogP contribution in [0.3, 0.4) is 0 Å². The fraction of sp³-hybridized carbons (Fsp3) is 0.667. The molecule has 0 amide bonds. The number of aromatic nitrogens is 2. The molecule has 0 aromatic carbocycles. The largest absolute Gasteiger partial charge is 0.389 e. The van der Waals surface area contributed by atoms with Gasteiger partial charge in [0.1, 0.15) is 4.99 Å². The van der Waals surface area contributed by atoms with Gasteiger partial charge in [-0.2, -0.15) is 5.10 Å². The van der Waals surface area contributed by atoms with Crippen molar-refractivity contribution < 1.29 is 0 Å². The van der Waals surface area contributed by atoms with Gasteiger partial charge in [0.25, 0.3) is 0 Å². The highest BCUT2D eigenvalue weighted by atomic mass is 32.1. The molecule has 2 aliphatic heterocycles. The Morgan fingerprint density at radius 1 is 1.24 bits per heavy atom. The molecular formula is C15H23N5S. The SMILES string of the molecule is NC(=S)c1ccnnc1N1CCC(CN2CCCC2)CC1. The van der Waals surface area contributed by atoms with E-state index in [1.54, 1.807) is 6.20 Å². The van der Waals surface area contributed by atoms with E-state index in [2.05, 4.69) is 20.0 Å². The lowest BCUT2D eigenvalue weighted by atomic mass is 9.96. The number of hydrogen-bond donors (Lipinski definition) is 1. The van der Waals surface area contributed by atoms with Crippen LogP contribution in [-0.4, -0.2) is 52.8 Å². The fourth-order valence-electron chi connectivity index (χ4n) is 3.41. The summed E-state index contributed by atoms with van der Waals surface area (Å²) in [5, 5.41) is 8.24. The molecule has 0 bridgehead atoms. The van der Waals surface area contributed by atoms with Crippen molar-refractivity contribution in [3.63, 3.8) is 0 Å². The van der Waals surface area contributed by atoms with Crippen LogP contribution < -0.4 is 10.6 Å². The van der Waals surface area contributed by atoms with Crippen LogP contribution in [0.5, 0.6) is 0 Å². The minimum atomic E-state index is 0.402. The van der Waals surface area contributed by atoms with E-state index >= 15 is 0 Å². The van der Waals surface area contributed by atoms with Crippen LogP contribution >= 0.6 is 12.2 Å².